The van der Waals surface area contributed by atoms with E-state index in [9.17, 15) is 4.79 Å². The van der Waals surface area contributed by atoms with Gasteiger partial charge in [-0.15, -0.1) is 11.6 Å². The van der Waals surface area contributed by atoms with Crippen LogP contribution in [0.4, 0.5) is 5.82 Å². The fraction of sp³-hybridized carbons (Fsp3) is 0.500. The minimum absolute atomic E-state index is 0.107. The van der Waals surface area contributed by atoms with Crippen molar-refractivity contribution in [3.05, 3.63) is 11.8 Å². The van der Waals surface area contributed by atoms with E-state index in [-0.39, 0.29) is 5.91 Å². The van der Waals surface area contributed by atoms with Gasteiger partial charge in [0.15, 0.2) is 5.82 Å². The topological polar surface area (TPSA) is 57.8 Å². The summed E-state index contributed by atoms with van der Waals surface area (Å²) in [5.74, 6) is 0.785. The Balaban J connectivity index is 2.49. The first-order chi connectivity index (χ1) is 6.26. The van der Waals surface area contributed by atoms with E-state index < -0.39 is 0 Å². The van der Waals surface area contributed by atoms with Crippen molar-refractivity contribution in [1.29, 1.82) is 0 Å². The number of nitrogens with zero attached hydrogens (tertiary/aromatic N) is 1. The molecule has 0 aliphatic carbocycles. The van der Waals surface area contributed by atoms with Gasteiger partial charge in [0.2, 0.25) is 5.91 Å². The minimum atomic E-state index is -0.107. The molecule has 0 saturated heterocycles. The van der Waals surface area contributed by atoms with Gasteiger partial charge in [0, 0.05) is 24.1 Å². The summed E-state index contributed by atoms with van der Waals surface area (Å²) in [7, 11) is 0. The first-order valence-electron chi connectivity index (χ1n) is 4.16. The lowest BCUT2D eigenvalue weighted by Gasteiger charge is -1.97. The Morgan fingerprint density at radius 3 is 3.08 bits per heavy atom. The van der Waals surface area contributed by atoms with Crippen LogP contribution in [0.5, 0.6) is 0 Å². The molecular formula is C8H12ClN3O. The van der Waals surface area contributed by atoms with E-state index in [1.807, 2.05) is 13.0 Å². The number of carbonyl (C=O) groups is 1. The quantitative estimate of drug-likeness (QED) is 0.726. The van der Waals surface area contributed by atoms with Gasteiger partial charge in [0.05, 0.1) is 0 Å². The van der Waals surface area contributed by atoms with Crippen LogP contribution in [0.2, 0.25) is 0 Å². The number of anilines is 1. The number of hydrogen-bond acceptors (Lipinski definition) is 2. The first kappa shape index (κ1) is 10.1. The highest BCUT2D eigenvalue weighted by atomic mass is 35.5. The Morgan fingerprint density at radius 1 is 1.77 bits per heavy atom. The highest BCUT2D eigenvalue weighted by Gasteiger charge is 2.03. The lowest BCUT2D eigenvalue weighted by molar-refractivity contribution is -0.115. The van der Waals surface area contributed by atoms with E-state index in [1.165, 1.54) is 0 Å². The van der Waals surface area contributed by atoms with Crippen molar-refractivity contribution in [2.75, 3.05) is 11.2 Å². The number of aryl methyl sites for hydroxylation is 1. The molecule has 0 aliphatic rings. The van der Waals surface area contributed by atoms with Crippen molar-refractivity contribution >= 4 is 23.3 Å². The van der Waals surface area contributed by atoms with Crippen LogP contribution in [0.3, 0.4) is 0 Å². The molecule has 0 fully saturated rings. The Hall–Kier alpha value is -1.03. The molecule has 2 N–H and O–H groups in total. The summed E-state index contributed by atoms with van der Waals surface area (Å²) >= 11 is 5.41. The molecule has 1 heterocycles. The molecule has 4 nitrogen and oxygen atoms in total. The number of carbonyl (C=O) groups excluding carboxylic acids is 1. The monoisotopic (exact) mass is 201 g/mol. The lowest BCUT2D eigenvalue weighted by atomic mass is 10.3. The van der Waals surface area contributed by atoms with Gasteiger partial charge < -0.3 is 5.32 Å². The van der Waals surface area contributed by atoms with Gasteiger partial charge in [-0.2, -0.15) is 5.10 Å². The van der Waals surface area contributed by atoms with E-state index in [1.54, 1.807) is 0 Å². The average molecular weight is 202 g/mol. The predicted octanol–water partition coefficient (Wildman–Crippen LogP) is 1.54. The molecule has 1 aromatic heterocycles. The van der Waals surface area contributed by atoms with Gasteiger partial charge in [-0.1, -0.05) is 6.92 Å². The third-order valence-corrected chi connectivity index (χ3v) is 1.79. The maximum absolute atomic E-state index is 11.1. The molecular weight excluding hydrogens is 190 g/mol. The molecule has 1 aromatic rings. The van der Waals surface area contributed by atoms with Crippen LogP contribution in [0.15, 0.2) is 6.07 Å². The van der Waals surface area contributed by atoms with Crippen molar-refractivity contribution in [2.24, 2.45) is 0 Å². The number of H-pyrrole nitrogens is 1. The molecule has 5 heteroatoms. The minimum Gasteiger partial charge on any atom is -0.309 e. The number of aromatic amines is 1. The molecule has 0 aromatic carbocycles. The van der Waals surface area contributed by atoms with Crippen molar-refractivity contribution in [1.82, 2.24) is 10.2 Å². The SMILES string of the molecule is CCc1cc(NC(=O)CCCl)n[nH]1. The summed E-state index contributed by atoms with van der Waals surface area (Å²) in [6.45, 7) is 2.01. The van der Waals surface area contributed by atoms with Crippen molar-refractivity contribution in [2.45, 2.75) is 19.8 Å². The molecule has 0 unspecified atom stereocenters. The largest absolute Gasteiger partial charge is 0.309 e. The molecule has 0 spiro atoms. The van der Waals surface area contributed by atoms with Gasteiger partial charge in [0.1, 0.15) is 0 Å². The van der Waals surface area contributed by atoms with E-state index in [2.05, 4.69) is 15.5 Å². The normalized spacial score (nSPS) is 10.0. The summed E-state index contributed by atoms with van der Waals surface area (Å²) in [5.41, 5.74) is 1.00. The van der Waals surface area contributed by atoms with Gasteiger partial charge in [0.25, 0.3) is 0 Å². The molecule has 0 radical (unpaired) electrons. The number of aromatic nitrogens is 2. The van der Waals surface area contributed by atoms with E-state index >= 15 is 0 Å². The van der Waals surface area contributed by atoms with Crippen LogP contribution in [0, 0.1) is 0 Å². The number of hydrogen-bond donors (Lipinski definition) is 2. The maximum atomic E-state index is 11.1. The molecule has 1 rings (SSSR count). The fourth-order valence-electron chi connectivity index (χ4n) is 0.898. The summed E-state index contributed by atoms with van der Waals surface area (Å²) in [5, 5.41) is 9.35. The standard InChI is InChI=1S/C8H12ClN3O/c1-2-6-5-7(12-11-6)10-8(13)3-4-9/h5H,2-4H2,1H3,(H2,10,11,12,13). The second kappa shape index (κ2) is 4.87. The molecule has 0 bridgehead atoms. The predicted molar refractivity (Wildman–Crippen MR) is 51.9 cm³/mol. The smallest absolute Gasteiger partial charge is 0.226 e. The first-order valence-corrected chi connectivity index (χ1v) is 4.69. The van der Waals surface area contributed by atoms with Crippen molar-refractivity contribution in [3.8, 4) is 0 Å². The zero-order chi connectivity index (χ0) is 9.68. The number of rotatable bonds is 4. The third-order valence-electron chi connectivity index (χ3n) is 1.60. The molecule has 13 heavy (non-hydrogen) atoms. The van der Waals surface area contributed by atoms with E-state index in [0.717, 1.165) is 12.1 Å². The van der Waals surface area contributed by atoms with Gasteiger partial charge in [-0.3, -0.25) is 9.89 Å². The summed E-state index contributed by atoms with van der Waals surface area (Å²) in [6.07, 6.45) is 1.19. The van der Waals surface area contributed by atoms with Crippen LogP contribution in [0.1, 0.15) is 19.0 Å². The highest BCUT2D eigenvalue weighted by Crippen LogP contribution is 2.05. The third kappa shape index (κ3) is 3.06. The van der Waals surface area contributed by atoms with Crippen LogP contribution in [-0.2, 0) is 11.2 Å². The van der Waals surface area contributed by atoms with Gasteiger partial charge in [-0.25, -0.2) is 0 Å². The summed E-state index contributed by atoms with van der Waals surface area (Å²) in [4.78, 5) is 11.1. The second-order valence-corrected chi connectivity index (χ2v) is 3.00. The highest BCUT2D eigenvalue weighted by molar-refractivity contribution is 6.19. The van der Waals surface area contributed by atoms with E-state index in [0.29, 0.717) is 18.1 Å². The molecule has 72 valence electrons. The molecule has 1 amide bonds. The zero-order valence-electron chi connectivity index (χ0n) is 7.43. The number of halogens is 1. The number of nitrogens with one attached hydrogen (secondary N) is 2. The second-order valence-electron chi connectivity index (χ2n) is 2.62. The Labute approximate surface area is 81.7 Å². The van der Waals surface area contributed by atoms with Crippen LogP contribution in [0.25, 0.3) is 0 Å². The number of alkyl halides is 1. The Morgan fingerprint density at radius 2 is 2.54 bits per heavy atom. The van der Waals surface area contributed by atoms with Gasteiger partial charge in [-0.05, 0) is 6.42 Å². The Bertz CT molecular complexity index is 285. The Kier molecular flexibility index (Phi) is 3.76. The van der Waals surface area contributed by atoms with Crippen molar-refractivity contribution in [3.63, 3.8) is 0 Å². The summed E-state index contributed by atoms with van der Waals surface area (Å²) < 4.78 is 0. The summed E-state index contributed by atoms with van der Waals surface area (Å²) in [6, 6.07) is 1.81. The fourth-order valence-corrected chi connectivity index (χ4v) is 1.07. The zero-order valence-corrected chi connectivity index (χ0v) is 8.19. The van der Waals surface area contributed by atoms with E-state index in [4.69, 9.17) is 11.6 Å². The maximum Gasteiger partial charge on any atom is 0.226 e. The lowest BCUT2D eigenvalue weighted by Crippen LogP contribution is -2.11. The van der Waals surface area contributed by atoms with Crippen molar-refractivity contribution < 1.29 is 4.79 Å². The molecule has 0 atom stereocenters. The average Bonchev–Trinajstić information content (AvgIpc) is 2.52. The van der Waals surface area contributed by atoms with Crippen LogP contribution in [-0.4, -0.2) is 22.0 Å². The number of amides is 1. The van der Waals surface area contributed by atoms with Crippen LogP contribution >= 0.6 is 11.6 Å². The molecule has 0 aliphatic heterocycles. The van der Waals surface area contributed by atoms with Crippen LogP contribution < -0.4 is 5.32 Å². The molecule has 0 saturated carbocycles. The van der Waals surface area contributed by atoms with Gasteiger partial charge >= 0.3 is 0 Å².